The summed E-state index contributed by atoms with van der Waals surface area (Å²) in [4.78, 5) is 34.2. The van der Waals surface area contributed by atoms with Gasteiger partial charge in [0.25, 0.3) is 11.5 Å². The average molecular weight is 435 g/mol. The number of hydrogen-bond acceptors (Lipinski definition) is 5. The lowest BCUT2D eigenvalue weighted by atomic mass is 10.1. The molecule has 2 aromatic heterocycles. The Morgan fingerprint density at radius 1 is 1.19 bits per heavy atom. The van der Waals surface area contributed by atoms with Crippen LogP contribution in [-0.4, -0.2) is 56.9 Å². The summed E-state index contributed by atoms with van der Waals surface area (Å²) in [5.74, 6) is -0.0773. The first-order valence-electron chi connectivity index (χ1n) is 9.70. The summed E-state index contributed by atoms with van der Waals surface area (Å²) < 4.78 is 45.4. The number of hydrogen-bond donors (Lipinski definition) is 1. The van der Waals surface area contributed by atoms with Gasteiger partial charge in [-0.3, -0.25) is 9.59 Å². The zero-order chi connectivity index (χ0) is 22.3. The molecule has 0 saturated carbocycles. The van der Waals surface area contributed by atoms with Gasteiger partial charge in [0.2, 0.25) is 0 Å². The number of aryl methyl sites for hydroxylation is 1. The van der Waals surface area contributed by atoms with Crippen molar-refractivity contribution in [3.8, 4) is 0 Å². The number of morpholine rings is 1. The van der Waals surface area contributed by atoms with E-state index in [1.807, 2.05) is 0 Å². The number of benzene rings is 1. The van der Waals surface area contributed by atoms with Gasteiger partial charge in [0.15, 0.2) is 11.3 Å². The molecule has 3 aromatic rings. The fraction of sp³-hybridized carbons (Fsp3) is 0.400. The van der Waals surface area contributed by atoms with Gasteiger partial charge >= 0.3 is 6.18 Å². The molecule has 1 atom stereocenters. The molecule has 1 N–H and O–H groups in total. The number of rotatable bonds is 3. The molecule has 0 aliphatic carbocycles. The molecule has 11 heteroatoms. The van der Waals surface area contributed by atoms with Crippen LogP contribution in [0.15, 0.2) is 29.1 Å². The van der Waals surface area contributed by atoms with Crippen molar-refractivity contribution in [3.05, 3.63) is 57.3 Å². The number of ether oxygens (including phenoxy) is 1. The van der Waals surface area contributed by atoms with Crippen molar-refractivity contribution in [2.24, 2.45) is 0 Å². The van der Waals surface area contributed by atoms with Gasteiger partial charge in [0.05, 0.1) is 24.8 Å². The number of carbonyl (C=O) groups excluding carboxylic acids is 1. The van der Waals surface area contributed by atoms with Gasteiger partial charge in [-0.05, 0) is 31.5 Å². The number of carbonyl (C=O) groups is 1. The van der Waals surface area contributed by atoms with Gasteiger partial charge < -0.3 is 14.6 Å². The highest BCUT2D eigenvalue weighted by Gasteiger charge is 2.31. The lowest BCUT2D eigenvalue weighted by molar-refractivity contribution is -0.137. The highest BCUT2D eigenvalue weighted by molar-refractivity contribution is 6.03. The number of alkyl halides is 3. The molecule has 0 radical (unpaired) electrons. The van der Waals surface area contributed by atoms with Crippen LogP contribution >= 0.6 is 0 Å². The summed E-state index contributed by atoms with van der Waals surface area (Å²) in [5, 5.41) is 4.45. The Kier molecular flexibility index (Phi) is 5.29. The van der Waals surface area contributed by atoms with Crippen molar-refractivity contribution in [1.82, 2.24) is 24.6 Å². The molecule has 3 heterocycles. The van der Waals surface area contributed by atoms with Crippen LogP contribution in [0, 0.1) is 6.92 Å². The second-order valence-electron chi connectivity index (χ2n) is 7.34. The standard InChI is InChI=1S/C20H20F3N5O3/c1-11(13-3-5-14(6-4-13)20(21,22)23)28-17-15(18(29)25-12(2)24-17)16(26-28)19(30)27-7-9-31-10-8-27/h3-6,11H,7-10H2,1-2H3,(H,24,25,29). The third-order valence-corrected chi connectivity index (χ3v) is 5.27. The third-order valence-electron chi connectivity index (χ3n) is 5.27. The van der Waals surface area contributed by atoms with E-state index in [4.69, 9.17) is 4.74 Å². The van der Waals surface area contributed by atoms with E-state index < -0.39 is 29.2 Å². The summed E-state index contributed by atoms with van der Waals surface area (Å²) >= 11 is 0. The van der Waals surface area contributed by atoms with E-state index >= 15 is 0 Å². The smallest absolute Gasteiger partial charge is 0.378 e. The average Bonchev–Trinajstić information content (AvgIpc) is 3.12. The topological polar surface area (TPSA) is 93.1 Å². The maximum Gasteiger partial charge on any atom is 0.416 e. The molecule has 1 aliphatic heterocycles. The molecule has 8 nitrogen and oxygen atoms in total. The van der Waals surface area contributed by atoms with E-state index in [1.165, 1.54) is 16.8 Å². The van der Waals surface area contributed by atoms with Crippen LogP contribution in [0.2, 0.25) is 0 Å². The molecule has 0 bridgehead atoms. The predicted octanol–water partition coefficient (Wildman–Crippen LogP) is 2.53. The number of amides is 1. The first-order chi connectivity index (χ1) is 14.7. The fourth-order valence-corrected chi connectivity index (χ4v) is 3.58. The fourth-order valence-electron chi connectivity index (χ4n) is 3.58. The van der Waals surface area contributed by atoms with Crippen LogP contribution in [0.4, 0.5) is 13.2 Å². The highest BCUT2D eigenvalue weighted by Crippen LogP contribution is 2.31. The maximum atomic E-state index is 13.1. The number of H-pyrrole nitrogens is 1. The van der Waals surface area contributed by atoms with Gasteiger partial charge in [0, 0.05) is 13.1 Å². The van der Waals surface area contributed by atoms with Gasteiger partial charge in [-0.25, -0.2) is 9.67 Å². The van der Waals surface area contributed by atoms with E-state index in [1.54, 1.807) is 18.7 Å². The van der Waals surface area contributed by atoms with Crippen LogP contribution in [0.3, 0.4) is 0 Å². The summed E-state index contributed by atoms with van der Waals surface area (Å²) in [6.07, 6.45) is -4.44. The molecule has 31 heavy (non-hydrogen) atoms. The van der Waals surface area contributed by atoms with Crippen molar-refractivity contribution in [3.63, 3.8) is 0 Å². The second kappa shape index (κ2) is 7.80. The zero-order valence-electron chi connectivity index (χ0n) is 16.9. The van der Waals surface area contributed by atoms with Crippen LogP contribution in [0.5, 0.6) is 0 Å². The van der Waals surface area contributed by atoms with Crippen molar-refractivity contribution in [2.45, 2.75) is 26.1 Å². The quantitative estimate of drug-likeness (QED) is 0.683. The van der Waals surface area contributed by atoms with E-state index in [9.17, 15) is 22.8 Å². The minimum Gasteiger partial charge on any atom is -0.378 e. The molecule has 1 saturated heterocycles. The van der Waals surface area contributed by atoms with Gasteiger partial charge in [-0.1, -0.05) is 12.1 Å². The molecule has 1 amide bonds. The number of nitrogens with one attached hydrogen (secondary N) is 1. The summed E-state index contributed by atoms with van der Waals surface area (Å²) in [7, 11) is 0. The van der Waals surface area contributed by atoms with Crippen molar-refractivity contribution < 1.29 is 22.7 Å². The van der Waals surface area contributed by atoms with Crippen molar-refractivity contribution >= 4 is 16.9 Å². The maximum absolute atomic E-state index is 13.1. The lowest BCUT2D eigenvalue weighted by Gasteiger charge is -2.26. The first-order valence-corrected chi connectivity index (χ1v) is 9.70. The lowest BCUT2D eigenvalue weighted by Crippen LogP contribution is -2.41. The number of aromatic nitrogens is 4. The minimum atomic E-state index is -4.44. The minimum absolute atomic E-state index is 0.0376. The third kappa shape index (κ3) is 3.92. The van der Waals surface area contributed by atoms with Crippen LogP contribution in [0.25, 0.3) is 11.0 Å². The number of fused-ring (bicyclic) bond motifs is 1. The Morgan fingerprint density at radius 3 is 2.45 bits per heavy atom. The summed E-state index contributed by atoms with van der Waals surface area (Å²) in [5.41, 5.74) is -0.565. The Morgan fingerprint density at radius 2 is 1.84 bits per heavy atom. The molecule has 164 valence electrons. The SMILES string of the molecule is Cc1nc2c(c(C(=O)N3CCOCC3)nn2C(C)c2ccc(C(F)(F)F)cc2)c(=O)[nH]1. The molecule has 1 aromatic carbocycles. The van der Waals surface area contributed by atoms with Crippen LogP contribution in [-0.2, 0) is 10.9 Å². The first kappa shape index (κ1) is 21.0. The van der Waals surface area contributed by atoms with Gasteiger partial charge in [0.1, 0.15) is 11.2 Å². The van der Waals surface area contributed by atoms with Crippen molar-refractivity contribution in [1.29, 1.82) is 0 Å². The Hall–Kier alpha value is -3.21. The zero-order valence-corrected chi connectivity index (χ0v) is 16.9. The molecule has 0 spiro atoms. The normalized spacial score (nSPS) is 16.0. The molecule has 1 unspecified atom stereocenters. The Balaban J connectivity index is 1.80. The molecule has 1 fully saturated rings. The molecule has 4 rings (SSSR count). The Bertz CT molecular complexity index is 1180. The number of nitrogens with zero attached hydrogens (tertiary/aromatic N) is 4. The van der Waals surface area contributed by atoms with E-state index in [2.05, 4.69) is 15.1 Å². The molecule has 1 aliphatic rings. The predicted molar refractivity (Wildman–Crippen MR) is 105 cm³/mol. The van der Waals surface area contributed by atoms with E-state index in [0.717, 1.165) is 12.1 Å². The van der Waals surface area contributed by atoms with Crippen molar-refractivity contribution in [2.75, 3.05) is 26.3 Å². The molecular formula is C20H20F3N5O3. The van der Waals surface area contributed by atoms with E-state index in [-0.39, 0.29) is 16.7 Å². The summed E-state index contributed by atoms with van der Waals surface area (Å²) in [6.45, 7) is 4.85. The largest absolute Gasteiger partial charge is 0.416 e. The van der Waals surface area contributed by atoms with Crippen LogP contribution in [0.1, 0.15) is 40.4 Å². The summed E-state index contributed by atoms with van der Waals surface area (Å²) in [6, 6.07) is 4.12. The number of aromatic amines is 1. The Labute approximate surface area is 174 Å². The highest BCUT2D eigenvalue weighted by atomic mass is 19.4. The molecular weight excluding hydrogens is 415 g/mol. The van der Waals surface area contributed by atoms with Gasteiger partial charge in [-0.15, -0.1) is 0 Å². The van der Waals surface area contributed by atoms with Crippen LogP contribution < -0.4 is 5.56 Å². The van der Waals surface area contributed by atoms with E-state index in [0.29, 0.717) is 37.7 Å². The number of halogens is 3. The van der Waals surface area contributed by atoms with Gasteiger partial charge in [-0.2, -0.15) is 18.3 Å². The second-order valence-corrected chi connectivity index (χ2v) is 7.34. The monoisotopic (exact) mass is 435 g/mol.